The van der Waals surface area contributed by atoms with Crippen molar-refractivity contribution in [2.24, 2.45) is 7.05 Å². The Labute approximate surface area is 84.3 Å². The van der Waals surface area contributed by atoms with Gasteiger partial charge in [-0.25, -0.2) is 0 Å². The van der Waals surface area contributed by atoms with Crippen LogP contribution in [-0.2, 0) is 7.05 Å². The summed E-state index contributed by atoms with van der Waals surface area (Å²) in [6.07, 6.45) is 1.73. The van der Waals surface area contributed by atoms with Gasteiger partial charge < -0.3 is 5.32 Å². The fourth-order valence-electron chi connectivity index (χ4n) is 1.23. The number of aryl methyl sites for hydroxylation is 2. The van der Waals surface area contributed by atoms with Crippen molar-refractivity contribution in [3.8, 4) is 0 Å². The van der Waals surface area contributed by atoms with Gasteiger partial charge in [0.25, 0.3) is 5.91 Å². The minimum atomic E-state index is -0.209. The highest BCUT2D eigenvalue weighted by Crippen LogP contribution is 2.07. The van der Waals surface area contributed by atoms with Crippen molar-refractivity contribution in [2.45, 2.75) is 33.2 Å². The summed E-state index contributed by atoms with van der Waals surface area (Å²) in [7, 11) is 1.81. The van der Waals surface area contributed by atoms with Crippen molar-refractivity contribution in [2.75, 3.05) is 0 Å². The number of nitrogens with one attached hydrogen (secondary N) is 1. The molecule has 0 aliphatic carbocycles. The smallest absolute Gasteiger partial charge is 0.255 e. The van der Waals surface area contributed by atoms with Gasteiger partial charge in [0.1, 0.15) is 0 Å². The highest BCUT2D eigenvalue weighted by molar-refractivity contribution is 5.95. The van der Waals surface area contributed by atoms with Crippen molar-refractivity contribution in [3.63, 3.8) is 0 Å². The summed E-state index contributed by atoms with van der Waals surface area (Å²) < 4.78 is 1.65. The number of rotatable bonds is 1. The largest absolute Gasteiger partial charge is 0.347 e. The van der Waals surface area contributed by atoms with Crippen LogP contribution in [0.3, 0.4) is 0 Å². The first-order valence-electron chi connectivity index (χ1n) is 4.62. The zero-order valence-corrected chi connectivity index (χ0v) is 9.38. The summed E-state index contributed by atoms with van der Waals surface area (Å²) in [6, 6.07) is 0. The lowest BCUT2D eigenvalue weighted by Crippen LogP contribution is -2.40. The number of carbonyl (C=O) groups is 1. The maximum absolute atomic E-state index is 11.7. The van der Waals surface area contributed by atoms with Crippen LogP contribution in [0.15, 0.2) is 6.20 Å². The Morgan fingerprint density at radius 2 is 2.07 bits per heavy atom. The van der Waals surface area contributed by atoms with E-state index in [1.54, 1.807) is 17.9 Å². The molecule has 0 aliphatic heterocycles. The van der Waals surface area contributed by atoms with Crippen LogP contribution in [0.5, 0.6) is 0 Å². The summed E-state index contributed by atoms with van der Waals surface area (Å²) in [4.78, 5) is 11.7. The summed E-state index contributed by atoms with van der Waals surface area (Å²) in [6.45, 7) is 7.70. The van der Waals surface area contributed by atoms with Crippen molar-refractivity contribution >= 4 is 5.91 Å². The third-order valence-corrected chi connectivity index (χ3v) is 1.75. The van der Waals surface area contributed by atoms with Crippen molar-refractivity contribution in [1.29, 1.82) is 0 Å². The van der Waals surface area contributed by atoms with E-state index in [0.29, 0.717) is 5.56 Å². The first-order valence-corrected chi connectivity index (χ1v) is 4.62. The molecule has 1 aromatic rings. The lowest BCUT2D eigenvalue weighted by atomic mass is 10.1. The van der Waals surface area contributed by atoms with Crippen molar-refractivity contribution < 1.29 is 4.79 Å². The molecule has 0 unspecified atom stereocenters. The van der Waals surface area contributed by atoms with Crippen LogP contribution in [0.25, 0.3) is 0 Å². The number of aromatic nitrogens is 2. The maximum Gasteiger partial charge on any atom is 0.255 e. The minimum Gasteiger partial charge on any atom is -0.347 e. The monoisotopic (exact) mass is 195 g/mol. The molecule has 0 saturated carbocycles. The molecule has 1 rings (SSSR count). The third kappa shape index (κ3) is 2.58. The molecule has 0 saturated heterocycles. The fourth-order valence-corrected chi connectivity index (χ4v) is 1.23. The Morgan fingerprint density at radius 1 is 1.50 bits per heavy atom. The first-order chi connectivity index (χ1) is 6.29. The van der Waals surface area contributed by atoms with Gasteiger partial charge >= 0.3 is 0 Å². The Bertz CT molecular complexity index is 347. The van der Waals surface area contributed by atoms with Crippen LogP contribution < -0.4 is 5.32 Å². The van der Waals surface area contributed by atoms with Gasteiger partial charge in [-0.2, -0.15) is 5.10 Å². The first kappa shape index (κ1) is 10.8. The van der Waals surface area contributed by atoms with Crippen molar-refractivity contribution in [3.05, 3.63) is 17.5 Å². The predicted octanol–water partition coefficient (Wildman–Crippen LogP) is 1.26. The SMILES string of the molecule is Cc1nn(C)cc1C(=O)NC(C)(C)C. The summed E-state index contributed by atoms with van der Waals surface area (Å²) >= 11 is 0. The molecule has 0 aromatic carbocycles. The van der Waals surface area contributed by atoms with Crippen molar-refractivity contribution in [1.82, 2.24) is 15.1 Å². The molecule has 1 amide bonds. The second kappa shape index (κ2) is 3.44. The van der Waals surface area contributed by atoms with E-state index in [9.17, 15) is 4.79 Å². The van der Waals surface area contributed by atoms with Crippen LogP contribution in [0.2, 0.25) is 0 Å². The molecule has 0 radical (unpaired) electrons. The van der Waals surface area contributed by atoms with E-state index in [1.807, 2.05) is 27.7 Å². The molecule has 1 N–H and O–H groups in total. The quantitative estimate of drug-likeness (QED) is 0.733. The van der Waals surface area contributed by atoms with Gasteiger partial charge in [0, 0.05) is 18.8 Å². The summed E-state index contributed by atoms with van der Waals surface area (Å²) in [5.74, 6) is -0.0666. The molecule has 0 aliphatic rings. The lowest BCUT2D eigenvalue weighted by molar-refractivity contribution is 0.0919. The van der Waals surface area contributed by atoms with Gasteiger partial charge in [-0.1, -0.05) is 0 Å². The van der Waals surface area contributed by atoms with E-state index >= 15 is 0 Å². The highest BCUT2D eigenvalue weighted by Gasteiger charge is 2.18. The molecule has 1 heterocycles. The Hall–Kier alpha value is -1.32. The number of hydrogen-bond acceptors (Lipinski definition) is 2. The molecular weight excluding hydrogens is 178 g/mol. The third-order valence-electron chi connectivity index (χ3n) is 1.75. The number of nitrogens with zero attached hydrogens (tertiary/aromatic N) is 2. The van der Waals surface area contributed by atoms with Crippen LogP contribution >= 0.6 is 0 Å². The predicted molar refractivity (Wildman–Crippen MR) is 55.2 cm³/mol. The van der Waals surface area contributed by atoms with E-state index < -0.39 is 0 Å². The van der Waals surface area contributed by atoms with E-state index in [1.165, 1.54) is 0 Å². The number of hydrogen-bond donors (Lipinski definition) is 1. The molecule has 0 fully saturated rings. The fraction of sp³-hybridized carbons (Fsp3) is 0.600. The standard InChI is InChI=1S/C10H17N3O/c1-7-8(6-13(5)12-7)9(14)11-10(2,3)4/h6H,1-5H3,(H,11,14). The van der Waals surface area contributed by atoms with E-state index in [0.717, 1.165) is 5.69 Å². The van der Waals surface area contributed by atoms with Crippen LogP contribution in [0, 0.1) is 6.92 Å². The average molecular weight is 195 g/mol. The Balaban J connectivity index is 2.85. The molecule has 0 atom stereocenters. The van der Waals surface area contributed by atoms with E-state index in [4.69, 9.17) is 0 Å². The zero-order chi connectivity index (χ0) is 10.9. The van der Waals surface area contributed by atoms with Gasteiger partial charge in [0.2, 0.25) is 0 Å². The van der Waals surface area contributed by atoms with Crippen LogP contribution in [-0.4, -0.2) is 21.2 Å². The minimum absolute atomic E-state index is 0.0666. The summed E-state index contributed by atoms with van der Waals surface area (Å²) in [5.41, 5.74) is 1.19. The molecule has 14 heavy (non-hydrogen) atoms. The second-order valence-corrected chi connectivity index (χ2v) is 4.51. The Kier molecular flexibility index (Phi) is 2.64. The maximum atomic E-state index is 11.7. The van der Waals surface area contributed by atoms with Gasteiger partial charge in [-0.05, 0) is 27.7 Å². The van der Waals surface area contributed by atoms with Gasteiger partial charge in [-0.3, -0.25) is 9.48 Å². The van der Waals surface area contributed by atoms with Gasteiger partial charge in [-0.15, -0.1) is 0 Å². The van der Waals surface area contributed by atoms with Gasteiger partial charge in [0.15, 0.2) is 0 Å². The highest BCUT2D eigenvalue weighted by atomic mass is 16.1. The number of amides is 1. The molecule has 4 nitrogen and oxygen atoms in total. The molecule has 78 valence electrons. The van der Waals surface area contributed by atoms with Gasteiger partial charge in [0.05, 0.1) is 11.3 Å². The van der Waals surface area contributed by atoms with E-state index in [-0.39, 0.29) is 11.4 Å². The van der Waals surface area contributed by atoms with Crippen LogP contribution in [0.4, 0.5) is 0 Å². The lowest BCUT2D eigenvalue weighted by Gasteiger charge is -2.20. The summed E-state index contributed by atoms with van der Waals surface area (Å²) in [5, 5.41) is 7.02. The normalized spacial score (nSPS) is 11.5. The Morgan fingerprint density at radius 3 is 2.43 bits per heavy atom. The molecule has 4 heteroatoms. The topological polar surface area (TPSA) is 46.9 Å². The molecule has 0 spiro atoms. The molecule has 0 bridgehead atoms. The number of carbonyl (C=O) groups excluding carboxylic acids is 1. The average Bonchev–Trinajstić information content (AvgIpc) is 2.26. The second-order valence-electron chi connectivity index (χ2n) is 4.51. The molecular formula is C10H17N3O. The van der Waals surface area contributed by atoms with E-state index in [2.05, 4.69) is 10.4 Å². The zero-order valence-electron chi connectivity index (χ0n) is 9.38. The van der Waals surface area contributed by atoms with Crippen LogP contribution in [0.1, 0.15) is 36.8 Å². The molecule has 1 aromatic heterocycles.